The Labute approximate surface area is 165 Å². The van der Waals surface area contributed by atoms with E-state index in [4.69, 9.17) is 34.1 Å². The summed E-state index contributed by atoms with van der Waals surface area (Å²) in [5, 5.41) is 20.5. The van der Waals surface area contributed by atoms with Crippen molar-refractivity contribution < 1.29 is 15.1 Å². The van der Waals surface area contributed by atoms with Gasteiger partial charge >= 0.3 is 11.9 Å². The summed E-state index contributed by atoms with van der Waals surface area (Å²) in [6.45, 7) is 0.123. The number of H-pyrrole nitrogens is 2. The lowest BCUT2D eigenvalue weighted by atomic mass is 9.79. The van der Waals surface area contributed by atoms with Crippen molar-refractivity contribution >= 4 is 39.4 Å². The van der Waals surface area contributed by atoms with E-state index >= 15 is 0 Å². The minimum absolute atomic E-state index is 0.0559. The Balaban J connectivity index is 2.18. The monoisotopic (exact) mass is 460 g/mol. The molecule has 0 bridgehead atoms. The molecule has 0 unspecified atom stereocenters. The first kappa shape index (κ1) is 19.4. The molecule has 1 fully saturated rings. The summed E-state index contributed by atoms with van der Waals surface area (Å²) in [5.41, 5.74) is 28.7. The quantitative estimate of drug-likeness (QED) is 0.137. The number of alkyl halides is 1. The molecule has 1 aliphatic carbocycles. The molecule has 144 valence electrons. The van der Waals surface area contributed by atoms with Crippen LogP contribution < -0.4 is 26.8 Å². The summed E-state index contributed by atoms with van der Waals surface area (Å²) in [4.78, 5) is 14.3. The normalized spacial score (nSPS) is 34.6. The van der Waals surface area contributed by atoms with E-state index in [2.05, 4.69) is 56.3 Å². The van der Waals surface area contributed by atoms with Crippen LogP contribution >= 0.6 is 27.5 Å². The van der Waals surface area contributed by atoms with E-state index in [0.29, 0.717) is 10.3 Å². The van der Waals surface area contributed by atoms with Crippen molar-refractivity contribution in [3.63, 3.8) is 0 Å². The molecule has 3 rings (SSSR count). The van der Waals surface area contributed by atoms with Crippen molar-refractivity contribution in [1.82, 2.24) is 10.3 Å². The molecule has 2 aliphatic rings. The van der Waals surface area contributed by atoms with Gasteiger partial charge in [0.15, 0.2) is 10.1 Å². The Morgan fingerprint density at radius 1 is 1.26 bits per heavy atom. The number of nitrogens with one attached hydrogen (secondary N) is 4. The third kappa shape index (κ3) is 3.01. The average Bonchev–Trinajstić information content (AvgIpc) is 3.17. The molecule has 1 saturated carbocycles. The first-order valence-electron chi connectivity index (χ1n) is 7.94. The van der Waals surface area contributed by atoms with E-state index in [-0.39, 0.29) is 30.9 Å². The second-order valence-electron chi connectivity index (χ2n) is 6.44. The zero-order valence-electron chi connectivity index (χ0n) is 13.8. The predicted molar refractivity (Wildman–Crippen MR) is 98.9 cm³/mol. The fraction of sp³-hybridized carbons (Fsp3) is 0.667. The number of nitrogens with zero attached hydrogens (tertiary/aromatic N) is 6. The molecular formula is C12H18BrClN12O+2. The van der Waals surface area contributed by atoms with E-state index in [1.54, 1.807) is 0 Å². The number of anilines is 1. The number of nitrogens with two attached hydrogens (primary N) is 2. The summed E-state index contributed by atoms with van der Waals surface area (Å²) in [5.74, 6) is -0.868. The highest BCUT2D eigenvalue weighted by Crippen LogP contribution is 2.54. The first-order chi connectivity index (χ1) is 12.9. The SMILES string of the molecule is [N-]=[N+]=NC[C@@H]1[C@@H](CN=[N+]=[N-])[C@H](c2[nH]c(N)[nH+]c2Br)[C@]2(NC(N)=[NH+][C@H]2O)[C@H]1Cl. The molecule has 27 heavy (non-hydrogen) atoms. The molecule has 0 saturated heterocycles. The van der Waals surface area contributed by atoms with Crippen LogP contribution in [0.2, 0.25) is 0 Å². The van der Waals surface area contributed by atoms with Gasteiger partial charge < -0.3 is 5.11 Å². The minimum atomic E-state index is -1.16. The van der Waals surface area contributed by atoms with Crippen molar-refractivity contribution in [1.29, 1.82) is 0 Å². The maximum absolute atomic E-state index is 10.8. The van der Waals surface area contributed by atoms with E-state index in [1.807, 2.05) is 0 Å². The lowest BCUT2D eigenvalue weighted by Gasteiger charge is -2.33. The Hall–Kier alpha value is -2.37. The fourth-order valence-electron chi connectivity index (χ4n) is 4.23. The van der Waals surface area contributed by atoms with Gasteiger partial charge in [0.2, 0.25) is 6.23 Å². The van der Waals surface area contributed by atoms with Crippen LogP contribution in [0.1, 0.15) is 11.6 Å². The molecule has 1 aromatic heterocycles. The lowest BCUT2D eigenvalue weighted by molar-refractivity contribution is -0.556. The van der Waals surface area contributed by atoms with Gasteiger partial charge in [-0.2, -0.15) is 0 Å². The zero-order valence-corrected chi connectivity index (χ0v) is 16.2. The summed E-state index contributed by atoms with van der Waals surface area (Å²) in [7, 11) is 0. The predicted octanol–water partition coefficient (Wildman–Crippen LogP) is -1.21. The number of guanidine groups is 1. The zero-order chi connectivity index (χ0) is 19.8. The van der Waals surface area contributed by atoms with Gasteiger partial charge in [-0.25, -0.2) is 15.0 Å². The molecule has 2 heterocycles. The van der Waals surface area contributed by atoms with Gasteiger partial charge in [-0.1, -0.05) is 10.2 Å². The third-order valence-electron chi connectivity index (χ3n) is 5.19. The molecule has 1 spiro atoms. The van der Waals surface area contributed by atoms with Crippen molar-refractivity contribution in [2.75, 3.05) is 18.8 Å². The summed E-state index contributed by atoms with van der Waals surface area (Å²) < 4.78 is 0.558. The number of halogens is 2. The molecule has 0 aromatic carbocycles. The summed E-state index contributed by atoms with van der Waals surface area (Å²) >= 11 is 10.2. The van der Waals surface area contributed by atoms with Crippen molar-refractivity contribution in [2.24, 2.45) is 27.8 Å². The molecule has 15 heteroatoms. The standard InChI is InChI=1S/C12H16BrClN12O/c13-8-6(21-10(15)22-8)5-3(1-19-25-17)4(2-20-26-18)7(14)12(5)9(27)23-11(16)24-12/h3-5,7,9,27H,1-2H2,(H3,15,21,22)(H3,16,23,24)/p+2/t3-,4-,5-,7+,9+,12+/m1/s1. The lowest BCUT2D eigenvalue weighted by Crippen LogP contribution is -2.82. The number of hydrogen-bond donors (Lipinski definition) is 6. The maximum atomic E-state index is 10.8. The summed E-state index contributed by atoms with van der Waals surface area (Å²) in [6.07, 6.45) is -1.15. The largest absolute Gasteiger partial charge is 0.358 e. The van der Waals surface area contributed by atoms with Gasteiger partial charge in [-0.3, -0.25) is 16.8 Å². The molecule has 9 N–H and O–H groups in total. The Morgan fingerprint density at radius 2 is 1.89 bits per heavy atom. The second kappa shape index (κ2) is 7.33. The minimum Gasteiger partial charge on any atom is -0.358 e. The molecule has 1 aromatic rings. The van der Waals surface area contributed by atoms with Crippen LogP contribution in [0.3, 0.4) is 0 Å². The van der Waals surface area contributed by atoms with E-state index in [9.17, 15) is 5.11 Å². The molecule has 1 aliphatic heterocycles. The number of rotatable bonds is 5. The highest BCUT2D eigenvalue weighted by atomic mass is 79.9. The van der Waals surface area contributed by atoms with Crippen LogP contribution in [0.15, 0.2) is 14.8 Å². The molecule has 0 radical (unpaired) electrons. The average molecular weight is 462 g/mol. The summed E-state index contributed by atoms with van der Waals surface area (Å²) in [6, 6.07) is 0. The Kier molecular flexibility index (Phi) is 5.27. The smallest absolute Gasteiger partial charge is 0.351 e. The Morgan fingerprint density at radius 3 is 2.37 bits per heavy atom. The molecule has 6 atom stereocenters. The highest BCUT2D eigenvalue weighted by molar-refractivity contribution is 9.10. The van der Waals surface area contributed by atoms with E-state index in [0.717, 1.165) is 0 Å². The van der Waals surface area contributed by atoms with E-state index in [1.165, 1.54) is 0 Å². The second-order valence-corrected chi connectivity index (χ2v) is 7.71. The van der Waals surface area contributed by atoms with Crippen LogP contribution in [-0.2, 0) is 0 Å². The number of aliphatic hydroxyl groups excluding tert-OH is 1. The molecule has 13 nitrogen and oxygen atoms in total. The van der Waals surface area contributed by atoms with E-state index < -0.39 is 29.0 Å². The van der Waals surface area contributed by atoms with Crippen LogP contribution in [0.25, 0.3) is 20.9 Å². The third-order valence-corrected chi connectivity index (χ3v) is 6.50. The van der Waals surface area contributed by atoms with Crippen molar-refractivity contribution in [3.8, 4) is 0 Å². The Bertz CT molecular complexity index is 861. The number of aliphatic hydroxyl groups is 1. The molecule has 0 amide bonds. The van der Waals surface area contributed by atoms with Crippen molar-refractivity contribution in [3.05, 3.63) is 31.2 Å². The maximum Gasteiger partial charge on any atom is 0.351 e. The number of imidazole rings is 1. The topological polar surface area (TPSA) is 226 Å². The van der Waals surface area contributed by atoms with Crippen LogP contribution in [0.4, 0.5) is 5.95 Å². The van der Waals surface area contributed by atoms with Crippen LogP contribution in [-0.4, -0.2) is 46.3 Å². The van der Waals surface area contributed by atoms with Crippen LogP contribution in [0.5, 0.6) is 0 Å². The van der Waals surface area contributed by atoms with Gasteiger partial charge in [-0.05, 0) is 38.8 Å². The van der Waals surface area contributed by atoms with Gasteiger partial charge in [0.25, 0.3) is 0 Å². The van der Waals surface area contributed by atoms with Crippen LogP contribution in [0, 0.1) is 11.8 Å². The number of hydrogen-bond acceptors (Lipinski definition) is 6. The number of aromatic nitrogens is 2. The van der Waals surface area contributed by atoms with Crippen molar-refractivity contribution in [2.45, 2.75) is 23.1 Å². The van der Waals surface area contributed by atoms with Gasteiger partial charge in [0.1, 0.15) is 5.69 Å². The fourth-order valence-corrected chi connectivity index (χ4v) is 5.37. The number of azide groups is 2. The number of aromatic amines is 2. The number of nitrogen functional groups attached to an aromatic ring is 1. The molecular weight excluding hydrogens is 444 g/mol. The first-order valence-corrected chi connectivity index (χ1v) is 9.16. The highest BCUT2D eigenvalue weighted by Gasteiger charge is 2.69. The van der Waals surface area contributed by atoms with Gasteiger partial charge in [0.05, 0.1) is 11.3 Å². The van der Waals surface area contributed by atoms with Gasteiger partial charge in [-0.15, -0.1) is 11.6 Å². The van der Waals surface area contributed by atoms with Gasteiger partial charge in [0, 0.05) is 22.9 Å².